The normalized spacial score (nSPS) is 11.8. The number of halogens is 1. The Morgan fingerprint density at radius 2 is 2.04 bits per heavy atom. The average molecular weight is 370 g/mol. The summed E-state index contributed by atoms with van der Waals surface area (Å²) in [5.41, 5.74) is 2.66. The van der Waals surface area contributed by atoms with E-state index in [1.807, 2.05) is 37.3 Å². The minimum atomic E-state index is -0.646. The van der Waals surface area contributed by atoms with Gasteiger partial charge in [0.25, 0.3) is 5.91 Å². The van der Waals surface area contributed by atoms with Crippen LogP contribution in [0.5, 0.6) is 5.75 Å². The van der Waals surface area contributed by atoms with Gasteiger partial charge in [-0.15, -0.1) is 0 Å². The summed E-state index contributed by atoms with van der Waals surface area (Å²) in [6.07, 6.45) is 2.78. The smallest absolute Gasteiger partial charge is 0.265 e. The first-order chi connectivity index (χ1) is 12.5. The highest BCUT2D eigenvalue weighted by atomic mass is 35.5. The molecule has 1 amide bonds. The fraction of sp³-hybridized carbons (Fsp3) is 0.200. The maximum atomic E-state index is 12.4. The number of carbonyl (C=O) groups is 1. The second-order valence-electron chi connectivity index (χ2n) is 6.07. The van der Waals surface area contributed by atoms with Crippen molar-refractivity contribution in [3.8, 4) is 5.75 Å². The van der Waals surface area contributed by atoms with Gasteiger partial charge in [-0.05, 0) is 43.2 Å². The number of rotatable bonds is 6. The summed E-state index contributed by atoms with van der Waals surface area (Å²) in [6.45, 7) is 4.24. The Balaban J connectivity index is 1.59. The number of aryl methyl sites for hydroxylation is 1. The number of nitrogens with one attached hydrogen (secondary N) is 1. The SMILES string of the molecule is Cc1cc(Cl)ccc1OC(C)C(=O)Nc1cnn(Cc2ccccc2)c1. The number of hydrogen-bond acceptors (Lipinski definition) is 3. The van der Waals surface area contributed by atoms with Crippen molar-refractivity contribution in [2.45, 2.75) is 26.5 Å². The molecule has 6 heteroatoms. The van der Waals surface area contributed by atoms with Crippen molar-refractivity contribution in [1.82, 2.24) is 9.78 Å². The number of aromatic nitrogens is 2. The molecule has 0 aliphatic heterocycles. The van der Waals surface area contributed by atoms with Crippen molar-refractivity contribution in [3.05, 3.63) is 77.1 Å². The molecule has 26 heavy (non-hydrogen) atoms. The van der Waals surface area contributed by atoms with Crippen LogP contribution in [0.1, 0.15) is 18.1 Å². The van der Waals surface area contributed by atoms with Gasteiger partial charge in [0.15, 0.2) is 6.10 Å². The van der Waals surface area contributed by atoms with E-state index in [-0.39, 0.29) is 5.91 Å². The lowest BCUT2D eigenvalue weighted by atomic mass is 10.2. The van der Waals surface area contributed by atoms with Crippen molar-refractivity contribution in [2.75, 3.05) is 5.32 Å². The van der Waals surface area contributed by atoms with Gasteiger partial charge in [0, 0.05) is 11.2 Å². The molecule has 0 aliphatic rings. The molecule has 1 unspecified atom stereocenters. The summed E-state index contributed by atoms with van der Waals surface area (Å²) < 4.78 is 7.52. The first-order valence-corrected chi connectivity index (χ1v) is 8.69. The highest BCUT2D eigenvalue weighted by molar-refractivity contribution is 6.30. The van der Waals surface area contributed by atoms with Crippen molar-refractivity contribution in [3.63, 3.8) is 0 Å². The second kappa shape index (κ2) is 8.06. The van der Waals surface area contributed by atoms with Gasteiger partial charge < -0.3 is 10.1 Å². The largest absolute Gasteiger partial charge is 0.481 e. The number of benzene rings is 2. The van der Waals surface area contributed by atoms with Crippen LogP contribution >= 0.6 is 11.6 Å². The van der Waals surface area contributed by atoms with Crippen molar-refractivity contribution < 1.29 is 9.53 Å². The van der Waals surface area contributed by atoms with Gasteiger partial charge in [-0.1, -0.05) is 41.9 Å². The molecule has 2 aromatic carbocycles. The molecule has 0 saturated heterocycles. The van der Waals surface area contributed by atoms with Crippen LogP contribution in [0.4, 0.5) is 5.69 Å². The fourth-order valence-electron chi connectivity index (χ4n) is 2.52. The van der Waals surface area contributed by atoms with Crippen LogP contribution in [0.2, 0.25) is 5.02 Å². The molecule has 1 aromatic heterocycles. The Morgan fingerprint density at radius 1 is 1.27 bits per heavy atom. The zero-order valence-electron chi connectivity index (χ0n) is 14.6. The molecule has 5 nitrogen and oxygen atoms in total. The van der Waals surface area contributed by atoms with E-state index in [1.165, 1.54) is 0 Å². The molecule has 0 fully saturated rings. The molecule has 0 spiro atoms. The van der Waals surface area contributed by atoms with Crippen molar-refractivity contribution in [1.29, 1.82) is 0 Å². The van der Waals surface area contributed by atoms with Gasteiger partial charge >= 0.3 is 0 Å². The Hall–Kier alpha value is -2.79. The van der Waals surface area contributed by atoms with Gasteiger partial charge in [-0.3, -0.25) is 9.48 Å². The Kier molecular flexibility index (Phi) is 5.58. The zero-order chi connectivity index (χ0) is 18.5. The third-order valence-electron chi connectivity index (χ3n) is 3.90. The van der Waals surface area contributed by atoms with Crippen LogP contribution in [0.3, 0.4) is 0 Å². The number of amides is 1. The number of ether oxygens (including phenoxy) is 1. The van der Waals surface area contributed by atoms with E-state index in [2.05, 4.69) is 10.4 Å². The van der Waals surface area contributed by atoms with Crippen LogP contribution in [-0.4, -0.2) is 21.8 Å². The van der Waals surface area contributed by atoms with Gasteiger partial charge in [-0.25, -0.2) is 0 Å². The van der Waals surface area contributed by atoms with Crippen LogP contribution in [0.15, 0.2) is 60.9 Å². The van der Waals surface area contributed by atoms with Crippen LogP contribution in [-0.2, 0) is 11.3 Å². The molecule has 1 heterocycles. The van der Waals surface area contributed by atoms with Crippen LogP contribution < -0.4 is 10.1 Å². The van der Waals surface area contributed by atoms with Gasteiger partial charge in [0.05, 0.1) is 18.4 Å². The molecule has 0 bridgehead atoms. The summed E-state index contributed by atoms with van der Waals surface area (Å²) in [4.78, 5) is 12.4. The molecule has 0 aliphatic carbocycles. The highest BCUT2D eigenvalue weighted by Gasteiger charge is 2.16. The molecule has 3 aromatic rings. The monoisotopic (exact) mass is 369 g/mol. The van der Waals surface area contributed by atoms with Gasteiger partial charge in [0.1, 0.15) is 5.75 Å². The van der Waals surface area contributed by atoms with E-state index >= 15 is 0 Å². The van der Waals surface area contributed by atoms with E-state index in [1.54, 1.807) is 42.2 Å². The van der Waals surface area contributed by atoms with E-state index in [0.717, 1.165) is 11.1 Å². The minimum absolute atomic E-state index is 0.237. The van der Waals surface area contributed by atoms with Crippen LogP contribution in [0.25, 0.3) is 0 Å². The number of anilines is 1. The Morgan fingerprint density at radius 3 is 2.77 bits per heavy atom. The summed E-state index contributed by atoms with van der Waals surface area (Å²) in [7, 11) is 0. The average Bonchev–Trinajstić information content (AvgIpc) is 3.05. The Labute approximate surface area is 157 Å². The second-order valence-corrected chi connectivity index (χ2v) is 6.51. The minimum Gasteiger partial charge on any atom is -0.481 e. The first kappa shape index (κ1) is 18.0. The first-order valence-electron chi connectivity index (χ1n) is 8.31. The lowest BCUT2D eigenvalue weighted by Crippen LogP contribution is -2.30. The lowest BCUT2D eigenvalue weighted by Gasteiger charge is -2.15. The van der Waals surface area contributed by atoms with Crippen molar-refractivity contribution >= 4 is 23.2 Å². The molecule has 0 radical (unpaired) electrons. The lowest BCUT2D eigenvalue weighted by molar-refractivity contribution is -0.122. The topological polar surface area (TPSA) is 56.1 Å². The highest BCUT2D eigenvalue weighted by Crippen LogP contribution is 2.23. The molecular formula is C20H20ClN3O2. The quantitative estimate of drug-likeness (QED) is 0.704. The van der Waals surface area contributed by atoms with E-state index in [9.17, 15) is 4.79 Å². The summed E-state index contributed by atoms with van der Waals surface area (Å²) in [5, 5.41) is 7.74. The molecule has 0 saturated carbocycles. The van der Waals surface area contributed by atoms with Crippen LogP contribution in [0, 0.1) is 6.92 Å². The molecule has 3 rings (SSSR count). The predicted molar refractivity (Wildman–Crippen MR) is 103 cm³/mol. The standard InChI is InChI=1S/C20H20ClN3O2/c1-14-10-17(21)8-9-19(14)26-15(2)20(25)23-18-11-22-24(13-18)12-16-6-4-3-5-7-16/h3-11,13,15H,12H2,1-2H3,(H,23,25). The van der Waals surface area contributed by atoms with E-state index in [0.29, 0.717) is 23.0 Å². The predicted octanol–water partition coefficient (Wildman–Crippen LogP) is 4.30. The summed E-state index contributed by atoms with van der Waals surface area (Å²) in [5.74, 6) is 0.399. The Bertz CT molecular complexity index is 893. The summed E-state index contributed by atoms with van der Waals surface area (Å²) >= 11 is 5.94. The molecular weight excluding hydrogens is 350 g/mol. The zero-order valence-corrected chi connectivity index (χ0v) is 15.4. The fourth-order valence-corrected chi connectivity index (χ4v) is 2.74. The molecule has 1 N–H and O–H groups in total. The van der Waals surface area contributed by atoms with E-state index < -0.39 is 6.10 Å². The summed E-state index contributed by atoms with van der Waals surface area (Å²) in [6, 6.07) is 15.3. The number of nitrogens with zero attached hydrogens (tertiary/aromatic N) is 2. The third-order valence-corrected chi connectivity index (χ3v) is 4.13. The number of carbonyl (C=O) groups excluding carboxylic acids is 1. The van der Waals surface area contributed by atoms with Crippen molar-refractivity contribution in [2.24, 2.45) is 0 Å². The van der Waals surface area contributed by atoms with Gasteiger partial charge in [0.2, 0.25) is 0 Å². The maximum Gasteiger partial charge on any atom is 0.265 e. The van der Waals surface area contributed by atoms with Gasteiger partial charge in [-0.2, -0.15) is 5.10 Å². The third kappa shape index (κ3) is 4.64. The molecule has 1 atom stereocenters. The van der Waals surface area contributed by atoms with E-state index in [4.69, 9.17) is 16.3 Å². The maximum absolute atomic E-state index is 12.4. The molecule has 134 valence electrons. The number of hydrogen-bond donors (Lipinski definition) is 1.